The molecule has 0 aliphatic carbocycles. The zero-order chi connectivity index (χ0) is 56.4. The molecule has 75 heavy (non-hydrogen) atoms. The highest BCUT2D eigenvalue weighted by Gasteiger charge is 2.50. The van der Waals surface area contributed by atoms with Crippen molar-refractivity contribution >= 4 is 23.9 Å². The molecular weight excluding hydrogens is 975 g/mol. The number of carboxylic acids is 1. The van der Waals surface area contributed by atoms with Gasteiger partial charge in [0.05, 0.1) is 54.9 Å². The molecule has 2 aliphatic rings. The van der Waals surface area contributed by atoms with Gasteiger partial charge >= 0.3 is 17.9 Å². The fourth-order valence-electron chi connectivity index (χ4n) is 9.32. The maximum atomic E-state index is 13.3. The van der Waals surface area contributed by atoms with E-state index in [4.69, 9.17) is 19.9 Å². The lowest BCUT2D eigenvalue weighted by Gasteiger charge is -2.45. The number of nitrogens with one attached hydrogen (secondary N) is 1. The van der Waals surface area contributed by atoms with Gasteiger partial charge in [0.1, 0.15) is 24.7 Å². The Kier molecular flexibility index (Phi) is 31.0. The van der Waals surface area contributed by atoms with E-state index in [2.05, 4.69) is 22.5 Å². The van der Waals surface area contributed by atoms with E-state index in [-0.39, 0.29) is 63.2 Å². The summed E-state index contributed by atoms with van der Waals surface area (Å²) in [5, 5.41) is 123. The number of esters is 2. The molecule has 20 nitrogen and oxygen atoms in total. The first-order valence-electron chi connectivity index (χ1n) is 26.7. The largest absolute Gasteiger partial charge is 0.481 e. The molecule has 430 valence electrons. The second-order valence-corrected chi connectivity index (χ2v) is 21.1. The van der Waals surface area contributed by atoms with Crippen LogP contribution in [0.5, 0.6) is 0 Å². The van der Waals surface area contributed by atoms with Gasteiger partial charge in [-0.05, 0) is 75.7 Å². The van der Waals surface area contributed by atoms with Crippen molar-refractivity contribution in [2.75, 3.05) is 13.6 Å². The van der Waals surface area contributed by atoms with Crippen LogP contribution in [-0.2, 0) is 28.6 Å². The van der Waals surface area contributed by atoms with E-state index in [0.717, 1.165) is 32.1 Å². The molecule has 2 heterocycles. The van der Waals surface area contributed by atoms with Crippen molar-refractivity contribution in [1.29, 1.82) is 0 Å². The number of aliphatic carboxylic acids is 1. The molecule has 0 saturated carbocycles. The maximum absolute atomic E-state index is 13.3. The van der Waals surface area contributed by atoms with Gasteiger partial charge in [0.25, 0.3) is 0 Å². The number of carbonyl (C=O) groups is 3. The number of fused-ring (bicyclic) bond motifs is 2. The summed E-state index contributed by atoms with van der Waals surface area (Å²) in [6.45, 7) is 11.3. The molecule has 20 heteroatoms. The number of hydrogen-bond donors (Lipinski definition) is 13. The molecule has 14 N–H and O–H groups in total. The van der Waals surface area contributed by atoms with E-state index < -0.39 is 128 Å². The SMILES string of the molecule is CN=C(N)NCCC/C=C/CCC[C@H](C)[C@H]1OC(=O)C=CC=C[C@@H](C)[C@H](O)C[C@H](O)[C@@H](C)[C@H](O)CC[C@H](C)[C@H](O)C[C@@]2(O)O[C@H](C[C@@H](OC(=O)CC(=O)O)C[C@@H](O)C[C@@H](O)C[C@H](O)C(C)=CC=C[C@@H]1C)C[C@H](O)[C@H]2O. The Morgan fingerprint density at radius 3 is 2.15 bits per heavy atom. The highest BCUT2D eigenvalue weighted by atomic mass is 16.7. The summed E-state index contributed by atoms with van der Waals surface area (Å²) in [6, 6.07) is 0. The van der Waals surface area contributed by atoms with Gasteiger partial charge < -0.3 is 81.4 Å². The first-order valence-corrected chi connectivity index (χ1v) is 26.7. The third-order valence-corrected chi connectivity index (χ3v) is 14.5. The molecular formula is C55H93N3O17. The van der Waals surface area contributed by atoms with Gasteiger partial charge in [-0.25, -0.2) is 4.79 Å². The van der Waals surface area contributed by atoms with Crippen molar-refractivity contribution in [2.24, 2.45) is 40.3 Å². The summed E-state index contributed by atoms with van der Waals surface area (Å²) in [7, 11) is 1.62. The number of nitrogens with two attached hydrogens (primary N) is 1. The molecule has 18 atom stereocenters. The molecule has 0 unspecified atom stereocenters. The van der Waals surface area contributed by atoms with E-state index in [0.29, 0.717) is 18.1 Å². The zero-order valence-electron chi connectivity index (χ0n) is 45.2. The number of rotatable bonds is 12. The van der Waals surface area contributed by atoms with Crippen LogP contribution in [0.25, 0.3) is 0 Å². The van der Waals surface area contributed by atoms with Gasteiger partial charge in [-0.15, -0.1) is 0 Å². The third kappa shape index (κ3) is 25.8. The maximum Gasteiger partial charge on any atom is 0.331 e. The van der Waals surface area contributed by atoms with Crippen LogP contribution in [0.15, 0.2) is 65.2 Å². The fraction of sp³-hybridized carbons (Fsp3) is 0.745. The Labute approximate surface area is 443 Å². The fourth-order valence-corrected chi connectivity index (χ4v) is 9.32. The molecule has 2 bridgehead atoms. The minimum Gasteiger partial charge on any atom is -0.481 e. The first-order chi connectivity index (χ1) is 35.3. The number of allylic oxidation sites excluding steroid dienone is 6. The Balaban J connectivity index is 2.40. The number of ether oxygens (including phenoxy) is 3. The number of guanidine groups is 1. The number of hydrogen-bond acceptors (Lipinski definition) is 17. The number of carbonyl (C=O) groups excluding carboxylic acids is 2. The summed E-state index contributed by atoms with van der Waals surface area (Å²) >= 11 is 0. The number of unbranched alkanes of at least 4 members (excludes halogenated alkanes) is 2. The van der Waals surface area contributed by atoms with Gasteiger partial charge in [-0.3, -0.25) is 14.6 Å². The normalized spacial score (nSPS) is 35.9. The predicted octanol–water partition coefficient (Wildman–Crippen LogP) is 2.98. The Morgan fingerprint density at radius 1 is 0.827 bits per heavy atom. The Morgan fingerprint density at radius 2 is 1.48 bits per heavy atom. The van der Waals surface area contributed by atoms with Crippen LogP contribution < -0.4 is 11.1 Å². The average molecular weight is 1070 g/mol. The first kappa shape index (κ1) is 67.1. The second kappa shape index (κ2) is 34.7. The lowest BCUT2D eigenvalue weighted by atomic mass is 9.84. The smallest absolute Gasteiger partial charge is 0.331 e. The van der Waals surface area contributed by atoms with Crippen LogP contribution in [0.3, 0.4) is 0 Å². The van der Waals surface area contributed by atoms with E-state index in [1.54, 1.807) is 59.0 Å². The zero-order valence-corrected chi connectivity index (χ0v) is 45.2. The summed E-state index contributed by atoms with van der Waals surface area (Å²) in [4.78, 5) is 41.1. The number of aliphatic imine (C=N–C) groups is 1. The minimum atomic E-state index is -2.52. The molecule has 2 aliphatic heterocycles. The van der Waals surface area contributed by atoms with Crippen LogP contribution in [-0.4, -0.2) is 173 Å². The van der Waals surface area contributed by atoms with Crippen molar-refractivity contribution in [2.45, 2.75) is 217 Å². The molecule has 2 rings (SSSR count). The van der Waals surface area contributed by atoms with Crippen LogP contribution in [0.2, 0.25) is 0 Å². The van der Waals surface area contributed by atoms with Crippen molar-refractivity contribution in [3.05, 3.63) is 60.3 Å². The van der Waals surface area contributed by atoms with Gasteiger partial charge in [-0.1, -0.05) is 83.2 Å². The summed E-state index contributed by atoms with van der Waals surface area (Å²) < 4.78 is 17.3. The quantitative estimate of drug-likeness (QED) is 0.0334. The second-order valence-electron chi connectivity index (χ2n) is 21.1. The lowest BCUT2D eigenvalue weighted by Crippen LogP contribution is -2.60. The van der Waals surface area contributed by atoms with E-state index in [9.17, 15) is 70.6 Å². The van der Waals surface area contributed by atoms with Crippen LogP contribution in [0.1, 0.15) is 138 Å². The monoisotopic (exact) mass is 1070 g/mol. The Bertz CT molecular complexity index is 1880. The molecule has 0 aromatic carbocycles. The van der Waals surface area contributed by atoms with Gasteiger partial charge in [-0.2, -0.15) is 0 Å². The standard InChI is InChI=1S/C55H93N3O17/c1-33-17-13-14-21-50(69)74-52(36(4)18-12-10-8-9-11-15-24-58-54(56)57-7)37(5)20-16-19-34(2)44(62)27-40(60)25-39(59)26-41(73-51(70)31-49(67)68)28-42-29-47(65)53(71)55(72,75-42)32-48(66)35(3)22-23-43(61)38(6)46(64)30-45(33)63/h8-9,13-14,16-17,19-21,33,35-48,52-53,59-66,71-72H,10-12,15,18,22-32H2,1-7H3,(H,67,68)(H3,56,57,58)/b9-8+,17-13?,20-16?,21-14?,34-19?/t33-,35+,36+,37+,38+,39+,40-,41+,42-,43-,44+,45-,46+,47+,48-,52-,53-,55-/m1/s1. The third-order valence-electron chi connectivity index (χ3n) is 14.5. The molecule has 0 spiro atoms. The van der Waals surface area contributed by atoms with Crippen LogP contribution in [0, 0.1) is 29.6 Å². The van der Waals surface area contributed by atoms with Crippen molar-refractivity contribution in [1.82, 2.24) is 5.32 Å². The molecule has 0 aromatic heterocycles. The summed E-state index contributed by atoms with van der Waals surface area (Å²) in [5.41, 5.74) is 6.16. The van der Waals surface area contributed by atoms with Crippen LogP contribution >= 0.6 is 0 Å². The van der Waals surface area contributed by atoms with Gasteiger partial charge in [0.2, 0.25) is 0 Å². The number of cyclic esters (lactones) is 1. The van der Waals surface area contributed by atoms with Crippen molar-refractivity contribution in [3.63, 3.8) is 0 Å². The molecule has 1 saturated heterocycles. The summed E-state index contributed by atoms with van der Waals surface area (Å²) in [6.07, 6.45) is 2.20. The predicted molar refractivity (Wildman–Crippen MR) is 282 cm³/mol. The number of nitrogens with zero attached hydrogens (tertiary/aromatic N) is 1. The minimum absolute atomic E-state index is 0.0591. The van der Waals surface area contributed by atoms with Crippen molar-refractivity contribution in [3.8, 4) is 0 Å². The molecule has 0 amide bonds. The molecule has 1 fully saturated rings. The van der Waals surface area contributed by atoms with E-state index in [1.165, 1.54) is 12.2 Å². The number of carboxylic acid groups (broad SMARTS) is 1. The number of aliphatic hydroxyl groups is 10. The lowest BCUT2D eigenvalue weighted by molar-refractivity contribution is -0.333. The van der Waals surface area contributed by atoms with Gasteiger partial charge in [0, 0.05) is 75.9 Å². The Hall–Kier alpha value is -4.06. The highest BCUT2D eigenvalue weighted by Crippen LogP contribution is 2.36. The molecule has 0 aromatic rings. The topological polar surface area (TPSA) is 352 Å². The number of aliphatic hydroxyl groups excluding tert-OH is 9. The molecule has 0 radical (unpaired) electrons. The van der Waals surface area contributed by atoms with E-state index in [1.807, 2.05) is 19.9 Å². The van der Waals surface area contributed by atoms with Gasteiger partial charge in [0.15, 0.2) is 11.7 Å². The van der Waals surface area contributed by atoms with Crippen LogP contribution in [0.4, 0.5) is 0 Å². The highest BCUT2D eigenvalue weighted by molar-refractivity contribution is 5.90. The van der Waals surface area contributed by atoms with E-state index >= 15 is 0 Å². The average Bonchev–Trinajstić information content (AvgIpc) is 3.33. The summed E-state index contributed by atoms with van der Waals surface area (Å²) in [5.74, 6) is -7.44. The van der Waals surface area contributed by atoms with Crippen molar-refractivity contribution < 1.29 is 84.8 Å².